The highest BCUT2D eigenvalue weighted by atomic mass is 16.5. The van der Waals surface area contributed by atoms with E-state index in [1.807, 2.05) is 57.2 Å². The average Bonchev–Trinajstić information content (AvgIpc) is 3.22. The highest BCUT2D eigenvalue weighted by Crippen LogP contribution is 2.48. The van der Waals surface area contributed by atoms with Gasteiger partial charge in [-0.05, 0) is 34.9 Å². The Hall–Kier alpha value is -2.90. The van der Waals surface area contributed by atoms with Gasteiger partial charge in [0.2, 0.25) is 0 Å². The van der Waals surface area contributed by atoms with Crippen LogP contribution < -0.4 is 10.1 Å². The monoisotopic (exact) mass is 524 g/mol. The second-order valence-corrected chi connectivity index (χ2v) is 12.3. The molecular formula is C31H44N2O5. The van der Waals surface area contributed by atoms with Crippen LogP contribution in [0.2, 0.25) is 0 Å². The zero-order chi connectivity index (χ0) is 28.4. The van der Waals surface area contributed by atoms with Crippen molar-refractivity contribution >= 4 is 11.9 Å². The number of aliphatic carboxylic acids is 1. The third kappa shape index (κ3) is 6.05. The maximum Gasteiger partial charge on any atom is 0.326 e. The molecule has 0 radical (unpaired) electrons. The molecule has 0 bridgehead atoms. The second kappa shape index (κ2) is 11.5. The fraction of sp³-hybridized carbons (Fsp3) is 0.548. The summed E-state index contributed by atoms with van der Waals surface area (Å²) in [6.45, 7) is 14.8. The summed E-state index contributed by atoms with van der Waals surface area (Å²) in [5.74, 6) is -0.962. The van der Waals surface area contributed by atoms with E-state index < -0.39 is 29.6 Å². The number of likely N-dealkylation sites (tertiary alicyclic amines) is 1. The lowest BCUT2D eigenvalue weighted by Crippen LogP contribution is -2.50. The molecule has 7 nitrogen and oxygen atoms in total. The summed E-state index contributed by atoms with van der Waals surface area (Å²) in [5.41, 5.74) is 2.60. The molecule has 1 heterocycles. The zero-order valence-corrected chi connectivity index (χ0v) is 24.2. The fourth-order valence-electron chi connectivity index (χ4n) is 5.65. The number of amides is 1. The molecule has 38 heavy (non-hydrogen) atoms. The first-order valence-corrected chi connectivity index (χ1v) is 13.3. The first-order chi connectivity index (χ1) is 17.7. The van der Waals surface area contributed by atoms with Gasteiger partial charge in [-0.1, -0.05) is 84.0 Å². The number of carbonyl (C=O) groups excluding carboxylic acids is 1. The molecule has 1 aliphatic rings. The Morgan fingerprint density at radius 2 is 1.66 bits per heavy atom. The predicted octanol–water partition coefficient (Wildman–Crippen LogP) is 5.18. The van der Waals surface area contributed by atoms with Crippen LogP contribution in [0.3, 0.4) is 0 Å². The number of rotatable bonds is 8. The standard InChI is InChI=1S/C31H44N2O5/c1-19(37-8)28(34)33-26(20-13-11-10-12-14-20)25(24(31(5,6)7)27(33)29(35)36)32-18-21-17-22(30(2,3)4)15-16-23(21)38-9/h10-17,19,24-27,32H,18H2,1-9H3,(H,35,36)/t19-,24+,25+,26+,27+/m1/s1. The van der Waals surface area contributed by atoms with Gasteiger partial charge < -0.3 is 24.8 Å². The number of hydrogen-bond acceptors (Lipinski definition) is 5. The van der Waals surface area contributed by atoms with Crippen LogP contribution in [0.4, 0.5) is 0 Å². The van der Waals surface area contributed by atoms with Crippen molar-refractivity contribution < 1.29 is 24.2 Å². The lowest BCUT2D eigenvalue weighted by molar-refractivity contribution is -0.156. The van der Waals surface area contributed by atoms with Crippen LogP contribution >= 0.6 is 0 Å². The van der Waals surface area contributed by atoms with E-state index in [4.69, 9.17) is 9.47 Å². The number of carboxylic acid groups (broad SMARTS) is 1. The summed E-state index contributed by atoms with van der Waals surface area (Å²) in [4.78, 5) is 28.1. The highest BCUT2D eigenvalue weighted by molar-refractivity contribution is 5.88. The van der Waals surface area contributed by atoms with Gasteiger partial charge in [-0.25, -0.2) is 4.79 Å². The summed E-state index contributed by atoms with van der Waals surface area (Å²) in [6.07, 6.45) is -0.772. The van der Waals surface area contributed by atoms with Crippen LogP contribution in [0.15, 0.2) is 48.5 Å². The van der Waals surface area contributed by atoms with E-state index in [0.29, 0.717) is 6.54 Å². The number of carbonyl (C=O) groups is 2. The molecule has 208 valence electrons. The van der Waals surface area contributed by atoms with Gasteiger partial charge >= 0.3 is 5.97 Å². The molecule has 5 atom stereocenters. The molecule has 2 aromatic rings. The van der Waals surface area contributed by atoms with E-state index in [9.17, 15) is 14.7 Å². The molecule has 2 aromatic carbocycles. The Morgan fingerprint density at radius 3 is 2.16 bits per heavy atom. The Kier molecular flexibility index (Phi) is 8.94. The molecule has 1 aliphatic heterocycles. The summed E-state index contributed by atoms with van der Waals surface area (Å²) >= 11 is 0. The van der Waals surface area contributed by atoms with Gasteiger partial charge in [0.25, 0.3) is 5.91 Å². The molecule has 0 aromatic heterocycles. The van der Waals surface area contributed by atoms with Crippen LogP contribution in [0.1, 0.15) is 71.2 Å². The summed E-state index contributed by atoms with van der Waals surface area (Å²) in [6, 6.07) is 14.0. The van der Waals surface area contributed by atoms with Crippen LogP contribution in [-0.4, -0.2) is 54.3 Å². The van der Waals surface area contributed by atoms with Crippen molar-refractivity contribution in [1.82, 2.24) is 10.2 Å². The van der Waals surface area contributed by atoms with Crippen LogP contribution in [0.25, 0.3) is 0 Å². The van der Waals surface area contributed by atoms with Crippen LogP contribution in [0.5, 0.6) is 5.75 Å². The maximum atomic E-state index is 13.7. The molecular weight excluding hydrogens is 480 g/mol. The van der Waals surface area contributed by atoms with E-state index >= 15 is 0 Å². The Balaban J connectivity index is 2.16. The van der Waals surface area contributed by atoms with E-state index in [-0.39, 0.29) is 23.3 Å². The van der Waals surface area contributed by atoms with E-state index in [2.05, 4.69) is 38.2 Å². The van der Waals surface area contributed by atoms with Crippen molar-refractivity contribution in [3.8, 4) is 5.75 Å². The van der Waals surface area contributed by atoms with Crippen molar-refractivity contribution in [1.29, 1.82) is 0 Å². The summed E-state index contributed by atoms with van der Waals surface area (Å²) in [7, 11) is 3.13. The normalized spacial score (nSPS) is 22.8. The predicted molar refractivity (Wildman–Crippen MR) is 149 cm³/mol. The van der Waals surface area contributed by atoms with Gasteiger partial charge in [0.1, 0.15) is 17.9 Å². The molecule has 1 amide bonds. The van der Waals surface area contributed by atoms with E-state index in [0.717, 1.165) is 16.9 Å². The summed E-state index contributed by atoms with van der Waals surface area (Å²) in [5, 5.41) is 14.2. The Bertz CT molecular complexity index is 1120. The van der Waals surface area contributed by atoms with Crippen molar-refractivity contribution in [2.75, 3.05) is 14.2 Å². The molecule has 0 aliphatic carbocycles. The number of ether oxygens (including phenoxy) is 2. The topological polar surface area (TPSA) is 88.1 Å². The van der Waals surface area contributed by atoms with Gasteiger partial charge in [-0.3, -0.25) is 4.79 Å². The van der Waals surface area contributed by atoms with Crippen molar-refractivity contribution in [2.24, 2.45) is 11.3 Å². The van der Waals surface area contributed by atoms with Gasteiger partial charge in [-0.2, -0.15) is 0 Å². The number of methoxy groups -OCH3 is 2. The van der Waals surface area contributed by atoms with Gasteiger partial charge in [0, 0.05) is 31.2 Å². The van der Waals surface area contributed by atoms with Crippen LogP contribution in [0, 0.1) is 11.3 Å². The van der Waals surface area contributed by atoms with Crippen molar-refractivity contribution in [2.45, 2.75) is 84.7 Å². The minimum absolute atomic E-state index is 0.0389. The van der Waals surface area contributed by atoms with Crippen LogP contribution in [-0.2, 0) is 26.3 Å². The van der Waals surface area contributed by atoms with Gasteiger partial charge in [0.15, 0.2) is 0 Å². The van der Waals surface area contributed by atoms with Gasteiger partial charge in [-0.15, -0.1) is 0 Å². The van der Waals surface area contributed by atoms with Crippen molar-refractivity contribution in [3.05, 3.63) is 65.2 Å². The number of benzene rings is 2. The average molecular weight is 525 g/mol. The SMILES string of the molecule is COc1ccc(C(C)(C)C)cc1CN[C@H]1[C@H](C(C)(C)C)[C@@H](C(=O)O)N(C(=O)[C@@H](C)OC)[C@H]1c1ccccc1. The minimum atomic E-state index is -1.02. The molecule has 0 unspecified atom stereocenters. The first-order valence-electron chi connectivity index (χ1n) is 13.3. The second-order valence-electron chi connectivity index (χ2n) is 12.3. The third-order valence-electron chi connectivity index (χ3n) is 7.69. The molecule has 3 rings (SSSR count). The molecule has 1 saturated heterocycles. The first kappa shape index (κ1) is 29.7. The lowest BCUT2D eigenvalue weighted by Gasteiger charge is -2.35. The van der Waals surface area contributed by atoms with Crippen molar-refractivity contribution in [3.63, 3.8) is 0 Å². The minimum Gasteiger partial charge on any atom is -0.496 e. The smallest absolute Gasteiger partial charge is 0.326 e. The number of hydrogen-bond donors (Lipinski definition) is 2. The molecule has 2 N–H and O–H groups in total. The largest absolute Gasteiger partial charge is 0.496 e. The summed E-state index contributed by atoms with van der Waals surface area (Å²) < 4.78 is 11.1. The highest BCUT2D eigenvalue weighted by Gasteiger charge is 2.58. The Labute approximate surface area is 227 Å². The third-order valence-corrected chi connectivity index (χ3v) is 7.69. The molecule has 0 saturated carbocycles. The fourth-order valence-corrected chi connectivity index (χ4v) is 5.65. The quantitative estimate of drug-likeness (QED) is 0.495. The number of carboxylic acids is 1. The Morgan fingerprint density at radius 1 is 1.03 bits per heavy atom. The maximum absolute atomic E-state index is 13.7. The molecule has 0 spiro atoms. The van der Waals surface area contributed by atoms with Gasteiger partial charge in [0.05, 0.1) is 13.2 Å². The van der Waals surface area contributed by atoms with E-state index in [1.54, 1.807) is 18.9 Å². The zero-order valence-electron chi connectivity index (χ0n) is 24.2. The van der Waals surface area contributed by atoms with E-state index in [1.165, 1.54) is 12.7 Å². The number of nitrogens with one attached hydrogen (secondary N) is 1. The molecule has 7 heteroatoms. The lowest BCUT2D eigenvalue weighted by atomic mass is 9.72. The number of nitrogens with zero attached hydrogens (tertiary/aromatic N) is 1. The molecule has 1 fully saturated rings.